The summed E-state index contributed by atoms with van der Waals surface area (Å²) >= 11 is 6.13. The number of hydrogen-bond donors (Lipinski definition) is 1. The van der Waals surface area contributed by atoms with Crippen molar-refractivity contribution < 1.29 is 19.4 Å². The molecule has 0 bridgehead atoms. The number of carbonyl (C=O) groups excluding carboxylic acids is 1. The van der Waals surface area contributed by atoms with Gasteiger partial charge in [-0.25, -0.2) is 0 Å². The van der Waals surface area contributed by atoms with Crippen molar-refractivity contribution in [2.45, 2.75) is 25.7 Å². The average molecular weight is 335 g/mol. The smallest absolute Gasteiger partial charge is 0.303 e. The van der Waals surface area contributed by atoms with Crippen LogP contribution in [0.2, 0.25) is 5.02 Å². The van der Waals surface area contributed by atoms with E-state index in [4.69, 9.17) is 21.1 Å². The second kappa shape index (κ2) is 8.67. The summed E-state index contributed by atoms with van der Waals surface area (Å²) in [5.74, 6) is -0.489. The molecule has 2 aromatic carbocycles. The lowest BCUT2D eigenvalue weighted by Gasteiger charge is -2.23. The minimum Gasteiger partial charge on any atom is -0.455 e. The maximum atomic E-state index is 11.3. The number of carbonyl (C=O) groups is 1. The van der Waals surface area contributed by atoms with Gasteiger partial charge in [-0.1, -0.05) is 60.1 Å². The molecule has 4 nitrogen and oxygen atoms in total. The summed E-state index contributed by atoms with van der Waals surface area (Å²) in [7, 11) is 0. The van der Waals surface area contributed by atoms with Crippen LogP contribution in [0, 0.1) is 0 Å². The summed E-state index contributed by atoms with van der Waals surface area (Å²) in [4.78, 5) is 11.3. The zero-order valence-electron chi connectivity index (χ0n) is 12.8. The molecule has 0 aliphatic rings. The molecule has 0 unspecified atom stereocenters. The van der Waals surface area contributed by atoms with Gasteiger partial charge in [0.25, 0.3) is 0 Å². The number of hydrogen-bond acceptors (Lipinski definition) is 4. The zero-order chi connectivity index (χ0) is 16.7. The molecule has 23 heavy (non-hydrogen) atoms. The number of rotatable bonds is 7. The van der Waals surface area contributed by atoms with Crippen LogP contribution in [-0.4, -0.2) is 23.8 Å². The fourth-order valence-corrected chi connectivity index (χ4v) is 2.44. The van der Waals surface area contributed by atoms with Gasteiger partial charge in [0.1, 0.15) is 6.10 Å². The third kappa shape index (κ3) is 5.36. The Morgan fingerprint density at radius 1 is 1.13 bits per heavy atom. The molecule has 0 spiro atoms. The van der Waals surface area contributed by atoms with Crippen LogP contribution in [0.3, 0.4) is 0 Å². The highest BCUT2D eigenvalue weighted by Crippen LogP contribution is 2.28. The molecule has 0 amide bonds. The molecule has 0 aliphatic heterocycles. The fourth-order valence-electron chi connectivity index (χ4n) is 2.19. The Morgan fingerprint density at radius 2 is 1.78 bits per heavy atom. The van der Waals surface area contributed by atoms with Crippen molar-refractivity contribution in [2.75, 3.05) is 6.61 Å². The van der Waals surface area contributed by atoms with Crippen LogP contribution in [0.1, 0.15) is 24.2 Å². The van der Waals surface area contributed by atoms with E-state index in [9.17, 15) is 9.90 Å². The van der Waals surface area contributed by atoms with Gasteiger partial charge in [0, 0.05) is 17.5 Å². The van der Waals surface area contributed by atoms with Crippen LogP contribution in [0.5, 0.6) is 0 Å². The van der Waals surface area contributed by atoms with Crippen molar-refractivity contribution in [2.24, 2.45) is 0 Å². The molecule has 0 aliphatic carbocycles. The first kappa shape index (κ1) is 17.5. The largest absolute Gasteiger partial charge is 0.455 e. The summed E-state index contributed by atoms with van der Waals surface area (Å²) in [6.07, 6.45) is -1.88. The minimum absolute atomic E-state index is 0.0259. The van der Waals surface area contributed by atoms with Gasteiger partial charge < -0.3 is 14.6 Å². The summed E-state index contributed by atoms with van der Waals surface area (Å²) in [5.41, 5.74) is 1.56. The number of ether oxygens (including phenoxy) is 2. The second-order valence-corrected chi connectivity index (χ2v) is 5.53. The monoisotopic (exact) mass is 334 g/mol. The maximum absolute atomic E-state index is 11.3. The first-order valence-corrected chi connectivity index (χ1v) is 7.67. The SMILES string of the molecule is CC(=O)O[C@@H](c1ccccc1Cl)[C@H](O)COCc1ccccc1. The lowest BCUT2D eigenvalue weighted by Crippen LogP contribution is -2.28. The van der Waals surface area contributed by atoms with E-state index in [2.05, 4.69) is 0 Å². The van der Waals surface area contributed by atoms with Crippen molar-refractivity contribution in [1.82, 2.24) is 0 Å². The van der Waals surface area contributed by atoms with E-state index in [1.165, 1.54) is 6.92 Å². The highest BCUT2D eigenvalue weighted by atomic mass is 35.5. The van der Waals surface area contributed by atoms with Gasteiger partial charge in [-0.15, -0.1) is 0 Å². The lowest BCUT2D eigenvalue weighted by molar-refractivity contribution is -0.155. The van der Waals surface area contributed by atoms with E-state index < -0.39 is 18.2 Å². The molecule has 1 N–H and O–H groups in total. The molecular formula is C18H19ClO4. The Labute approximate surface area is 140 Å². The Bertz CT molecular complexity index is 630. The van der Waals surface area contributed by atoms with E-state index in [0.717, 1.165) is 5.56 Å². The molecule has 2 rings (SSSR count). The van der Waals surface area contributed by atoms with Gasteiger partial charge in [0.05, 0.1) is 13.2 Å². The van der Waals surface area contributed by atoms with E-state index in [0.29, 0.717) is 17.2 Å². The molecule has 0 aromatic heterocycles. The standard InChI is InChI=1S/C18H19ClO4/c1-13(20)23-18(15-9-5-6-10-16(15)19)17(21)12-22-11-14-7-3-2-4-8-14/h2-10,17-18,21H,11-12H2,1H3/t17-,18+/m1/s1. The fraction of sp³-hybridized carbons (Fsp3) is 0.278. The summed E-state index contributed by atoms with van der Waals surface area (Å²) in [5, 5.41) is 10.8. The third-order valence-electron chi connectivity index (χ3n) is 3.25. The van der Waals surface area contributed by atoms with Gasteiger partial charge in [0.15, 0.2) is 6.10 Å². The molecule has 2 aromatic rings. The Kier molecular flexibility index (Phi) is 6.59. The van der Waals surface area contributed by atoms with Crippen molar-refractivity contribution >= 4 is 17.6 Å². The Morgan fingerprint density at radius 3 is 2.43 bits per heavy atom. The highest BCUT2D eigenvalue weighted by Gasteiger charge is 2.26. The summed E-state index contributed by atoms with van der Waals surface area (Å²) in [6.45, 7) is 1.69. The topological polar surface area (TPSA) is 55.8 Å². The quantitative estimate of drug-likeness (QED) is 0.787. The third-order valence-corrected chi connectivity index (χ3v) is 3.60. The molecule has 0 radical (unpaired) electrons. The van der Waals surface area contributed by atoms with E-state index >= 15 is 0 Å². The van der Waals surface area contributed by atoms with Gasteiger partial charge >= 0.3 is 5.97 Å². The lowest BCUT2D eigenvalue weighted by atomic mass is 10.0. The number of benzene rings is 2. The van der Waals surface area contributed by atoms with Crippen LogP contribution in [0.15, 0.2) is 54.6 Å². The van der Waals surface area contributed by atoms with E-state index in [1.54, 1.807) is 24.3 Å². The molecule has 0 saturated heterocycles. The summed E-state index contributed by atoms with van der Waals surface area (Å²) < 4.78 is 10.7. The predicted molar refractivity (Wildman–Crippen MR) is 88.1 cm³/mol. The van der Waals surface area contributed by atoms with Crippen LogP contribution in [0.4, 0.5) is 0 Å². The van der Waals surface area contributed by atoms with Crippen LogP contribution in [-0.2, 0) is 20.9 Å². The minimum atomic E-state index is -1.01. The van der Waals surface area contributed by atoms with Gasteiger partial charge in [0.2, 0.25) is 0 Å². The average Bonchev–Trinajstić information content (AvgIpc) is 2.54. The first-order chi connectivity index (χ1) is 11.1. The van der Waals surface area contributed by atoms with Crippen LogP contribution >= 0.6 is 11.6 Å². The molecule has 2 atom stereocenters. The van der Waals surface area contributed by atoms with Gasteiger partial charge in [-0.3, -0.25) is 4.79 Å². The maximum Gasteiger partial charge on any atom is 0.303 e. The molecule has 5 heteroatoms. The molecule has 0 heterocycles. The van der Waals surface area contributed by atoms with Crippen LogP contribution in [0.25, 0.3) is 0 Å². The molecular weight excluding hydrogens is 316 g/mol. The second-order valence-electron chi connectivity index (χ2n) is 5.12. The molecule has 0 fully saturated rings. The van der Waals surface area contributed by atoms with Gasteiger partial charge in [-0.2, -0.15) is 0 Å². The number of halogens is 1. The van der Waals surface area contributed by atoms with Crippen molar-refractivity contribution in [3.8, 4) is 0 Å². The number of aliphatic hydroxyl groups excluding tert-OH is 1. The summed E-state index contributed by atoms with van der Waals surface area (Å²) in [6, 6.07) is 16.6. The van der Waals surface area contributed by atoms with E-state index in [-0.39, 0.29) is 6.61 Å². The first-order valence-electron chi connectivity index (χ1n) is 7.29. The number of aliphatic hydroxyl groups is 1. The molecule has 122 valence electrons. The normalized spacial score (nSPS) is 13.3. The van der Waals surface area contributed by atoms with Crippen molar-refractivity contribution in [3.63, 3.8) is 0 Å². The Balaban J connectivity index is 2.01. The number of esters is 1. The van der Waals surface area contributed by atoms with Gasteiger partial charge in [-0.05, 0) is 11.6 Å². The van der Waals surface area contributed by atoms with E-state index in [1.807, 2.05) is 30.3 Å². The predicted octanol–water partition coefficient (Wildman–Crippen LogP) is 3.52. The highest BCUT2D eigenvalue weighted by molar-refractivity contribution is 6.31. The molecule has 0 saturated carbocycles. The zero-order valence-corrected chi connectivity index (χ0v) is 13.6. The Hall–Kier alpha value is -1.88. The van der Waals surface area contributed by atoms with Crippen molar-refractivity contribution in [3.05, 3.63) is 70.7 Å². The van der Waals surface area contributed by atoms with Crippen LogP contribution < -0.4 is 0 Å². The van der Waals surface area contributed by atoms with Crippen molar-refractivity contribution in [1.29, 1.82) is 0 Å².